The molecule has 0 aliphatic heterocycles. The predicted molar refractivity (Wildman–Crippen MR) is 139 cm³/mol. The molecule has 35 heavy (non-hydrogen) atoms. The van der Waals surface area contributed by atoms with Crippen molar-refractivity contribution in [2.24, 2.45) is 17.3 Å². The first-order valence-electron chi connectivity index (χ1n) is 11.3. The summed E-state index contributed by atoms with van der Waals surface area (Å²) >= 11 is 1.67. The maximum atomic E-state index is 8.89. The van der Waals surface area contributed by atoms with Crippen LogP contribution in [0, 0.1) is 13.8 Å². The molecule has 3 aromatic carbocycles. The number of rotatable bonds is 7. The molecule has 7 heteroatoms. The second-order valence-corrected chi connectivity index (χ2v) is 9.30. The number of thiazole rings is 1. The maximum absolute atomic E-state index is 8.89. The van der Waals surface area contributed by atoms with Gasteiger partial charge < -0.3 is 14.8 Å². The molecule has 0 fully saturated rings. The summed E-state index contributed by atoms with van der Waals surface area (Å²) in [4.78, 5) is 12.5. The highest BCUT2D eigenvalue weighted by molar-refractivity contribution is 7.14. The fraction of sp³-hybridized carbons (Fsp3) is 0.214. The molecule has 0 aliphatic carbocycles. The Balaban J connectivity index is 0.000000795. The summed E-state index contributed by atoms with van der Waals surface area (Å²) in [7, 11) is 2.03. The summed E-state index contributed by atoms with van der Waals surface area (Å²) in [6.07, 6.45) is 0. The summed E-state index contributed by atoms with van der Waals surface area (Å²) in [5.41, 5.74) is 5.83. The smallest absolute Gasteiger partial charge is 0.408 e. The molecule has 0 atom stereocenters. The van der Waals surface area contributed by atoms with E-state index < -0.39 is 5.97 Å². The lowest BCUT2D eigenvalue weighted by Gasteiger charge is -2.25. The highest BCUT2D eigenvalue weighted by Gasteiger charge is 2.16. The number of aromatic nitrogens is 1. The Morgan fingerprint density at radius 3 is 1.77 bits per heavy atom. The van der Waals surface area contributed by atoms with Gasteiger partial charge in [-0.3, -0.25) is 0 Å². The number of hydrogen-bond donors (Lipinski definition) is 0. The molecule has 0 saturated heterocycles. The summed E-state index contributed by atoms with van der Waals surface area (Å²) in [5, 5.41) is 18.7. The van der Waals surface area contributed by atoms with Crippen molar-refractivity contribution in [3.05, 3.63) is 107 Å². The van der Waals surface area contributed by atoms with E-state index in [1.807, 2.05) is 19.2 Å². The van der Waals surface area contributed by atoms with E-state index in [2.05, 4.69) is 106 Å². The largest absolute Gasteiger partial charge is 0.550 e. The standard InChI is InChI=1S/C26H27N4S.C2H4O2/c1-20-21(2)31-26(29(20)3)28-27-24-14-16-25(17-15-24)30(18-22-10-6-4-7-11-22)19-23-12-8-5-9-13-23;1-2(3)4/h4-17H,18-19H2,1-3H3;1H3,(H,3,4)/q+1;/p-1. The second kappa shape index (κ2) is 12.6. The fourth-order valence-electron chi connectivity index (χ4n) is 3.42. The third-order valence-corrected chi connectivity index (χ3v) is 6.58. The Kier molecular flexibility index (Phi) is 9.26. The normalized spacial score (nSPS) is 10.6. The highest BCUT2D eigenvalue weighted by Crippen LogP contribution is 2.27. The number of hydrogen-bond acceptors (Lipinski definition) is 6. The average Bonchev–Trinajstić information content (AvgIpc) is 3.10. The molecule has 6 nitrogen and oxygen atoms in total. The van der Waals surface area contributed by atoms with Crippen molar-refractivity contribution in [3.63, 3.8) is 0 Å². The molecule has 0 amide bonds. The molecule has 4 rings (SSSR count). The maximum Gasteiger partial charge on any atom is 0.408 e. The van der Waals surface area contributed by atoms with Crippen molar-refractivity contribution in [2.75, 3.05) is 4.90 Å². The lowest BCUT2D eigenvalue weighted by Crippen LogP contribution is -2.28. The number of benzene rings is 3. The third kappa shape index (κ3) is 7.86. The van der Waals surface area contributed by atoms with Crippen molar-refractivity contribution in [2.45, 2.75) is 33.9 Å². The van der Waals surface area contributed by atoms with E-state index in [0.29, 0.717) is 0 Å². The quantitative estimate of drug-likeness (QED) is 0.253. The van der Waals surface area contributed by atoms with Crippen LogP contribution in [0.1, 0.15) is 28.6 Å². The van der Waals surface area contributed by atoms with Crippen LogP contribution < -0.4 is 14.6 Å². The van der Waals surface area contributed by atoms with Crippen LogP contribution in [0.2, 0.25) is 0 Å². The van der Waals surface area contributed by atoms with Gasteiger partial charge in [0.25, 0.3) is 0 Å². The Bertz CT molecular complexity index is 1210. The number of azo groups is 1. The second-order valence-electron chi connectivity index (χ2n) is 8.12. The van der Waals surface area contributed by atoms with E-state index in [-0.39, 0.29) is 0 Å². The van der Waals surface area contributed by atoms with E-state index in [1.54, 1.807) is 11.3 Å². The molecule has 0 bridgehead atoms. The summed E-state index contributed by atoms with van der Waals surface area (Å²) in [5.74, 6) is -1.08. The lowest BCUT2D eigenvalue weighted by atomic mass is 10.1. The Morgan fingerprint density at radius 2 is 1.34 bits per heavy atom. The van der Waals surface area contributed by atoms with Crippen molar-refractivity contribution >= 4 is 33.8 Å². The van der Waals surface area contributed by atoms with Gasteiger partial charge in [-0.1, -0.05) is 60.7 Å². The number of anilines is 1. The summed E-state index contributed by atoms with van der Waals surface area (Å²) < 4.78 is 2.08. The first-order valence-corrected chi connectivity index (χ1v) is 12.1. The number of carbonyl (C=O) groups excluding carboxylic acids is 1. The van der Waals surface area contributed by atoms with E-state index in [1.165, 1.54) is 27.4 Å². The molecule has 4 aromatic rings. The predicted octanol–water partition coefficient (Wildman–Crippen LogP) is 5.57. The van der Waals surface area contributed by atoms with E-state index in [0.717, 1.165) is 30.8 Å². The van der Waals surface area contributed by atoms with Crippen LogP contribution in [0.15, 0.2) is 95.2 Å². The molecular formula is C28H30N4O2S. The number of aryl methyl sites for hydroxylation is 1. The molecule has 0 N–H and O–H groups in total. The van der Waals surface area contributed by atoms with Gasteiger partial charge in [-0.05, 0) is 72.6 Å². The first-order chi connectivity index (χ1) is 16.8. The van der Waals surface area contributed by atoms with Crippen LogP contribution in [-0.2, 0) is 24.9 Å². The molecule has 0 saturated carbocycles. The van der Waals surface area contributed by atoms with Crippen LogP contribution in [-0.4, -0.2) is 5.97 Å². The van der Waals surface area contributed by atoms with Gasteiger partial charge in [0.2, 0.25) is 0 Å². The van der Waals surface area contributed by atoms with Crippen molar-refractivity contribution in [3.8, 4) is 0 Å². The summed E-state index contributed by atoms with van der Waals surface area (Å²) in [6, 6.07) is 29.5. The lowest BCUT2D eigenvalue weighted by molar-refractivity contribution is -0.660. The van der Waals surface area contributed by atoms with Crippen molar-refractivity contribution in [1.82, 2.24) is 0 Å². The topological polar surface area (TPSA) is 72.0 Å². The monoisotopic (exact) mass is 486 g/mol. The van der Waals surface area contributed by atoms with Gasteiger partial charge in [-0.15, -0.1) is 0 Å². The zero-order valence-corrected chi connectivity index (χ0v) is 21.3. The molecule has 1 aromatic heterocycles. The number of aliphatic carboxylic acids is 1. The van der Waals surface area contributed by atoms with Crippen LogP contribution in [0.4, 0.5) is 16.5 Å². The van der Waals surface area contributed by atoms with Gasteiger partial charge in [0.15, 0.2) is 0 Å². The van der Waals surface area contributed by atoms with Crippen LogP contribution in [0.5, 0.6) is 0 Å². The van der Waals surface area contributed by atoms with Gasteiger partial charge in [-0.25, -0.2) is 4.57 Å². The van der Waals surface area contributed by atoms with Gasteiger partial charge in [0.1, 0.15) is 11.4 Å². The minimum Gasteiger partial charge on any atom is -0.550 e. The molecule has 180 valence electrons. The number of carbonyl (C=O) groups is 1. The Labute approximate surface area is 210 Å². The van der Waals surface area contributed by atoms with E-state index >= 15 is 0 Å². The molecule has 0 aliphatic rings. The van der Waals surface area contributed by atoms with Crippen molar-refractivity contribution < 1.29 is 14.5 Å². The van der Waals surface area contributed by atoms with Gasteiger partial charge in [-0.2, -0.15) is 0 Å². The SMILES string of the molecule is CC(=O)[O-].Cc1sc(N=Nc2ccc(N(Cc3ccccc3)Cc3ccccc3)cc2)[n+](C)c1C. The number of carboxylic acid groups (broad SMARTS) is 1. The zero-order valence-electron chi connectivity index (χ0n) is 20.5. The van der Waals surface area contributed by atoms with Crippen LogP contribution in [0.3, 0.4) is 0 Å². The average molecular weight is 487 g/mol. The minimum atomic E-state index is -1.08. The number of carboxylic acids is 1. The minimum absolute atomic E-state index is 0.847. The van der Waals surface area contributed by atoms with Crippen LogP contribution in [0.25, 0.3) is 0 Å². The fourth-order valence-corrected chi connectivity index (χ4v) is 4.34. The van der Waals surface area contributed by atoms with Gasteiger partial charge in [0, 0.05) is 24.7 Å². The first kappa shape index (κ1) is 25.8. The molecule has 0 unspecified atom stereocenters. The third-order valence-electron chi connectivity index (χ3n) is 5.44. The van der Waals surface area contributed by atoms with Gasteiger partial charge >= 0.3 is 5.13 Å². The highest BCUT2D eigenvalue weighted by atomic mass is 32.1. The Morgan fingerprint density at radius 1 is 0.857 bits per heavy atom. The van der Waals surface area contributed by atoms with E-state index in [9.17, 15) is 0 Å². The van der Waals surface area contributed by atoms with Crippen LogP contribution >= 0.6 is 11.3 Å². The molecule has 0 radical (unpaired) electrons. The zero-order chi connectivity index (χ0) is 25.2. The molecule has 0 spiro atoms. The van der Waals surface area contributed by atoms with Gasteiger partial charge in [0.05, 0.1) is 17.0 Å². The molecule has 1 heterocycles. The Hall–Kier alpha value is -3.84. The summed E-state index contributed by atoms with van der Waals surface area (Å²) in [6.45, 7) is 6.88. The van der Waals surface area contributed by atoms with E-state index in [4.69, 9.17) is 9.90 Å². The number of nitrogens with zero attached hydrogens (tertiary/aromatic N) is 4. The molecular weight excluding hydrogens is 456 g/mol. The van der Waals surface area contributed by atoms with Crippen molar-refractivity contribution in [1.29, 1.82) is 0 Å².